The topological polar surface area (TPSA) is 69.7 Å². The van der Waals surface area contributed by atoms with Gasteiger partial charge < -0.3 is 9.80 Å². The van der Waals surface area contributed by atoms with Crippen molar-refractivity contribution in [3.63, 3.8) is 0 Å². The summed E-state index contributed by atoms with van der Waals surface area (Å²) >= 11 is 6.34. The molecule has 6 nitrogen and oxygen atoms in total. The second kappa shape index (κ2) is 9.91. The maximum Gasteiger partial charge on any atom is 0.262 e. The third kappa shape index (κ3) is 5.02. The normalized spacial score (nSPS) is 14.2. The van der Waals surface area contributed by atoms with E-state index in [1.54, 1.807) is 29.2 Å². The lowest BCUT2D eigenvalue weighted by Gasteiger charge is -2.36. The van der Waals surface area contributed by atoms with Gasteiger partial charge >= 0.3 is 0 Å². The van der Waals surface area contributed by atoms with Crippen LogP contribution in [0.1, 0.15) is 32.6 Å². The Labute approximate surface area is 212 Å². The summed E-state index contributed by atoms with van der Waals surface area (Å²) in [5.41, 5.74) is 4.81. The van der Waals surface area contributed by atoms with Crippen molar-refractivity contribution in [2.45, 2.75) is 32.6 Å². The molecule has 1 saturated heterocycles. The Hall–Kier alpha value is -3.03. The van der Waals surface area contributed by atoms with Gasteiger partial charge in [0.05, 0.1) is 26.9 Å². The molecule has 1 amide bonds. The molecule has 0 unspecified atom stereocenters. The first-order valence-corrected chi connectivity index (χ1v) is 13.4. The Morgan fingerprint density at radius 2 is 1.43 bits per heavy atom. The standard InChI is InChI=1S/C27H30ClN3O3S/c1-18-17-19(2)21(4)26(20(18)3)35(33,34)29-24-11-7-5-9-22(24)27(32)31-15-13-30(14-16-31)25-12-8-6-10-23(25)28/h5-12,17,29H,13-16H2,1-4H3. The van der Waals surface area contributed by atoms with E-state index in [-0.39, 0.29) is 16.5 Å². The van der Waals surface area contributed by atoms with Crippen LogP contribution in [-0.4, -0.2) is 45.4 Å². The molecule has 0 atom stereocenters. The molecule has 0 saturated carbocycles. The SMILES string of the molecule is Cc1cc(C)c(C)c(S(=O)(=O)Nc2ccccc2C(=O)N2CCN(c3ccccc3Cl)CC2)c1C. The number of para-hydroxylation sites is 2. The van der Waals surface area contributed by atoms with Gasteiger partial charge in [-0.25, -0.2) is 8.42 Å². The van der Waals surface area contributed by atoms with Crippen LogP contribution >= 0.6 is 11.6 Å². The average Bonchev–Trinajstić information content (AvgIpc) is 2.83. The predicted molar refractivity (Wildman–Crippen MR) is 142 cm³/mol. The van der Waals surface area contributed by atoms with E-state index in [1.807, 2.05) is 58.0 Å². The van der Waals surface area contributed by atoms with E-state index in [2.05, 4.69) is 9.62 Å². The molecule has 1 aliphatic heterocycles. The number of piperazine rings is 1. The minimum atomic E-state index is -3.90. The zero-order valence-corrected chi connectivity index (χ0v) is 22.0. The highest BCUT2D eigenvalue weighted by molar-refractivity contribution is 7.92. The van der Waals surface area contributed by atoms with Crippen molar-refractivity contribution in [3.8, 4) is 0 Å². The number of nitrogens with one attached hydrogen (secondary N) is 1. The summed E-state index contributed by atoms with van der Waals surface area (Å²) in [5, 5.41) is 0.684. The molecule has 35 heavy (non-hydrogen) atoms. The van der Waals surface area contributed by atoms with Crippen LogP contribution in [0.4, 0.5) is 11.4 Å². The Bertz CT molecular complexity index is 1350. The van der Waals surface area contributed by atoms with Crippen molar-refractivity contribution in [2.24, 2.45) is 0 Å². The largest absolute Gasteiger partial charge is 0.367 e. The Kier molecular flexibility index (Phi) is 7.10. The summed E-state index contributed by atoms with van der Waals surface area (Å²) in [5.74, 6) is -0.198. The number of hydrogen-bond acceptors (Lipinski definition) is 4. The molecular formula is C27H30ClN3O3S. The number of carbonyl (C=O) groups excluding carboxylic acids is 1. The van der Waals surface area contributed by atoms with Crippen molar-refractivity contribution in [2.75, 3.05) is 35.8 Å². The van der Waals surface area contributed by atoms with Gasteiger partial charge in [0.25, 0.3) is 15.9 Å². The fraction of sp³-hybridized carbons (Fsp3) is 0.296. The molecule has 8 heteroatoms. The molecule has 3 aromatic rings. The fourth-order valence-electron chi connectivity index (χ4n) is 4.57. The highest BCUT2D eigenvalue weighted by atomic mass is 35.5. The van der Waals surface area contributed by atoms with Gasteiger partial charge in [0.15, 0.2) is 0 Å². The molecule has 0 spiro atoms. The molecule has 3 aromatic carbocycles. The number of carbonyl (C=O) groups is 1. The van der Waals surface area contributed by atoms with Crippen molar-refractivity contribution in [3.05, 3.63) is 87.4 Å². The lowest BCUT2D eigenvalue weighted by molar-refractivity contribution is 0.0748. The van der Waals surface area contributed by atoms with Gasteiger partial charge in [-0.15, -0.1) is 0 Å². The average molecular weight is 512 g/mol. The number of sulfonamides is 1. The number of rotatable bonds is 5. The minimum Gasteiger partial charge on any atom is -0.367 e. The third-order valence-electron chi connectivity index (χ3n) is 6.73. The molecule has 1 N–H and O–H groups in total. The molecule has 0 aromatic heterocycles. The number of aryl methyl sites for hydroxylation is 2. The molecule has 184 valence electrons. The van der Waals surface area contributed by atoms with E-state index < -0.39 is 10.0 Å². The number of amides is 1. The van der Waals surface area contributed by atoms with Crippen LogP contribution in [0.3, 0.4) is 0 Å². The fourth-order valence-corrected chi connectivity index (χ4v) is 6.52. The molecule has 0 radical (unpaired) electrons. The highest BCUT2D eigenvalue weighted by Gasteiger charge is 2.27. The quantitative estimate of drug-likeness (QED) is 0.502. The monoisotopic (exact) mass is 511 g/mol. The lowest BCUT2D eigenvalue weighted by Crippen LogP contribution is -2.49. The van der Waals surface area contributed by atoms with Crippen molar-refractivity contribution < 1.29 is 13.2 Å². The van der Waals surface area contributed by atoms with E-state index in [9.17, 15) is 13.2 Å². The molecule has 0 aliphatic carbocycles. The van der Waals surface area contributed by atoms with Gasteiger partial charge in [-0.1, -0.05) is 41.9 Å². The number of hydrogen-bond donors (Lipinski definition) is 1. The number of nitrogens with zero attached hydrogens (tertiary/aromatic N) is 2. The second-order valence-corrected chi connectivity index (χ2v) is 11.0. The number of benzene rings is 3. The van der Waals surface area contributed by atoms with Crippen LogP contribution in [0.15, 0.2) is 59.5 Å². The summed E-state index contributed by atoms with van der Waals surface area (Å²) in [7, 11) is -3.90. The summed E-state index contributed by atoms with van der Waals surface area (Å²) in [6.07, 6.45) is 0. The molecular weight excluding hydrogens is 482 g/mol. The van der Waals surface area contributed by atoms with Crippen molar-refractivity contribution in [1.29, 1.82) is 0 Å². The van der Waals surface area contributed by atoms with Crippen LogP contribution in [0, 0.1) is 27.7 Å². The maximum absolute atomic E-state index is 13.5. The molecule has 1 fully saturated rings. The van der Waals surface area contributed by atoms with Crippen LogP contribution in [0.2, 0.25) is 5.02 Å². The first-order valence-electron chi connectivity index (χ1n) is 11.6. The van der Waals surface area contributed by atoms with Gasteiger partial charge in [0.2, 0.25) is 0 Å². The van der Waals surface area contributed by atoms with E-state index in [4.69, 9.17) is 11.6 Å². The summed E-state index contributed by atoms with van der Waals surface area (Å²) in [6, 6.07) is 16.4. The zero-order chi connectivity index (χ0) is 25.3. The lowest BCUT2D eigenvalue weighted by atomic mass is 10.0. The van der Waals surface area contributed by atoms with E-state index in [1.165, 1.54) is 0 Å². The van der Waals surface area contributed by atoms with E-state index in [0.717, 1.165) is 16.8 Å². The first-order chi connectivity index (χ1) is 16.6. The Morgan fingerprint density at radius 3 is 2.06 bits per heavy atom. The minimum absolute atomic E-state index is 0.198. The van der Waals surface area contributed by atoms with Crippen LogP contribution < -0.4 is 9.62 Å². The summed E-state index contributed by atoms with van der Waals surface area (Å²) in [6.45, 7) is 9.74. The van der Waals surface area contributed by atoms with Gasteiger partial charge in [-0.2, -0.15) is 0 Å². The molecule has 1 heterocycles. The zero-order valence-electron chi connectivity index (χ0n) is 20.4. The number of anilines is 2. The second-order valence-electron chi connectivity index (χ2n) is 8.97. The van der Waals surface area contributed by atoms with Crippen molar-refractivity contribution in [1.82, 2.24) is 4.90 Å². The Balaban J connectivity index is 1.57. The predicted octanol–water partition coefficient (Wildman–Crippen LogP) is 5.34. The molecule has 0 bridgehead atoms. The third-order valence-corrected chi connectivity index (χ3v) is 8.69. The molecule has 4 rings (SSSR count). The van der Waals surface area contributed by atoms with Crippen LogP contribution in [0.25, 0.3) is 0 Å². The van der Waals surface area contributed by atoms with Gasteiger partial charge in [0.1, 0.15) is 0 Å². The maximum atomic E-state index is 13.5. The summed E-state index contributed by atoms with van der Waals surface area (Å²) in [4.78, 5) is 17.6. The first kappa shape index (κ1) is 25.1. The Morgan fingerprint density at radius 1 is 0.857 bits per heavy atom. The highest BCUT2D eigenvalue weighted by Crippen LogP contribution is 2.30. The van der Waals surface area contributed by atoms with Gasteiger partial charge in [-0.3, -0.25) is 9.52 Å². The van der Waals surface area contributed by atoms with Crippen LogP contribution in [0.5, 0.6) is 0 Å². The van der Waals surface area contributed by atoms with Gasteiger partial charge in [-0.05, 0) is 74.2 Å². The number of halogens is 1. The smallest absolute Gasteiger partial charge is 0.262 e. The summed E-state index contributed by atoms with van der Waals surface area (Å²) < 4.78 is 29.6. The van der Waals surface area contributed by atoms with Gasteiger partial charge in [0, 0.05) is 26.2 Å². The van der Waals surface area contributed by atoms with Crippen LogP contribution in [-0.2, 0) is 10.0 Å². The van der Waals surface area contributed by atoms with E-state index >= 15 is 0 Å². The van der Waals surface area contributed by atoms with Crippen molar-refractivity contribution >= 4 is 38.9 Å². The van der Waals surface area contributed by atoms with E-state index in [0.29, 0.717) is 47.9 Å². The molecule has 1 aliphatic rings.